The number of carbonyl (C=O) groups excluding carboxylic acids is 1. The zero-order chi connectivity index (χ0) is 22.3. The number of aliphatic hydroxyl groups is 1. The Morgan fingerprint density at radius 2 is 2.16 bits per heavy atom. The van der Waals surface area contributed by atoms with E-state index in [2.05, 4.69) is 11.8 Å². The SMILES string of the molecule is CC[C@@H]1CN2CC[C@@]3(O)C(=Nc4ccc(Cl)c(OC)c43)[C@@H]2C[C@@H]1/C(=C/OC)C(=O)OC. The van der Waals surface area contributed by atoms with Crippen LogP contribution < -0.4 is 4.74 Å². The minimum atomic E-state index is -1.23. The number of halogens is 1. The first kappa shape index (κ1) is 22.1. The van der Waals surface area contributed by atoms with Gasteiger partial charge in [0.05, 0.1) is 61.2 Å². The maximum atomic E-state index is 12.5. The second-order valence-corrected chi connectivity index (χ2v) is 8.81. The topological polar surface area (TPSA) is 80.6 Å². The lowest BCUT2D eigenvalue weighted by Crippen LogP contribution is -2.60. The number of hydrogen-bond donors (Lipinski definition) is 1. The molecule has 31 heavy (non-hydrogen) atoms. The van der Waals surface area contributed by atoms with Crippen molar-refractivity contribution in [3.05, 3.63) is 34.6 Å². The Morgan fingerprint density at radius 3 is 2.81 bits per heavy atom. The van der Waals surface area contributed by atoms with Gasteiger partial charge in [0, 0.05) is 13.1 Å². The number of benzene rings is 1. The van der Waals surface area contributed by atoms with Crippen molar-refractivity contribution >= 4 is 29.0 Å². The molecule has 1 N–H and O–H groups in total. The average molecular weight is 449 g/mol. The molecule has 8 heteroatoms. The highest BCUT2D eigenvalue weighted by Gasteiger charge is 2.54. The maximum Gasteiger partial charge on any atom is 0.337 e. The Hall–Kier alpha value is -2.09. The number of carbonyl (C=O) groups is 1. The molecule has 4 atom stereocenters. The van der Waals surface area contributed by atoms with E-state index in [0.29, 0.717) is 46.1 Å². The zero-order valence-corrected chi connectivity index (χ0v) is 19.1. The van der Waals surface area contributed by atoms with Crippen molar-refractivity contribution in [2.45, 2.75) is 37.8 Å². The van der Waals surface area contributed by atoms with Crippen LogP contribution in [0.15, 0.2) is 29.0 Å². The predicted octanol–water partition coefficient (Wildman–Crippen LogP) is 3.45. The van der Waals surface area contributed by atoms with Gasteiger partial charge in [0.2, 0.25) is 0 Å². The van der Waals surface area contributed by atoms with Gasteiger partial charge in [-0.25, -0.2) is 4.79 Å². The van der Waals surface area contributed by atoms with Gasteiger partial charge in [-0.1, -0.05) is 24.9 Å². The van der Waals surface area contributed by atoms with Gasteiger partial charge in [-0.05, 0) is 36.8 Å². The number of aliphatic imine (C=N–C) groups is 1. The molecule has 3 heterocycles. The molecule has 0 radical (unpaired) electrons. The molecular weight excluding hydrogens is 420 g/mol. The summed E-state index contributed by atoms with van der Waals surface area (Å²) in [7, 11) is 4.47. The first-order valence-electron chi connectivity index (χ1n) is 10.6. The van der Waals surface area contributed by atoms with E-state index in [1.807, 2.05) is 6.07 Å². The maximum absolute atomic E-state index is 12.5. The number of piperidine rings is 2. The van der Waals surface area contributed by atoms with Crippen molar-refractivity contribution < 1.29 is 24.1 Å². The minimum absolute atomic E-state index is 0.0575. The second-order valence-electron chi connectivity index (χ2n) is 8.40. The summed E-state index contributed by atoms with van der Waals surface area (Å²) in [5, 5.41) is 12.3. The Morgan fingerprint density at radius 1 is 1.39 bits per heavy atom. The fourth-order valence-corrected chi connectivity index (χ4v) is 5.73. The molecule has 0 aliphatic carbocycles. The van der Waals surface area contributed by atoms with Gasteiger partial charge in [0.15, 0.2) is 0 Å². The molecule has 0 spiro atoms. The van der Waals surface area contributed by atoms with Crippen LogP contribution in [0.5, 0.6) is 5.75 Å². The van der Waals surface area contributed by atoms with Crippen LogP contribution in [0.2, 0.25) is 5.02 Å². The smallest absolute Gasteiger partial charge is 0.337 e. The highest BCUT2D eigenvalue weighted by Crippen LogP contribution is 2.53. The Bertz CT molecular complexity index is 946. The molecule has 2 fully saturated rings. The van der Waals surface area contributed by atoms with Crippen molar-refractivity contribution in [2.24, 2.45) is 16.8 Å². The fourth-order valence-electron chi connectivity index (χ4n) is 5.49. The molecule has 0 bridgehead atoms. The number of fused-ring (bicyclic) bond motifs is 5. The number of rotatable bonds is 5. The van der Waals surface area contributed by atoms with E-state index in [-0.39, 0.29) is 23.8 Å². The summed E-state index contributed by atoms with van der Waals surface area (Å²) in [6.45, 7) is 3.67. The third-order valence-electron chi connectivity index (χ3n) is 6.99. The standard InChI is InChI=1S/C23H29ClN2O5/c1-5-13-11-26-9-8-23(28)19-17(7-6-16(24)20(19)30-3)25-21(23)18(26)10-14(13)15(12-29-2)22(27)31-4/h6-7,12-14,18,28H,5,8-11H2,1-4H3/b15-12-/t13-,14+,18+,23+/m1/s1. The molecular formula is C23H29ClN2O5. The quantitative estimate of drug-likeness (QED) is 0.422. The number of ether oxygens (including phenoxy) is 3. The largest absolute Gasteiger partial charge is 0.504 e. The summed E-state index contributed by atoms with van der Waals surface area (Å²) in [5.74, 6) is 0.311. The van der Waals surface area contributed by atoms with E-state index in [1.165, 1.54) is 20.5 Å². The van der Waals surface area contributed by atoms with Crippen LogP contribution >= 0.6 is 11.6 Å². The lowest BCUT2D eigenvalue weighted by molar-refractivity contribution is -0.137. The molecule has 0 saturated carbocycles. The van der Waals surface area contributed by atoms with Crippen LogP contribution in [-0.2, 0) is 19.9 Å². The summed E-state index contributed by atoms with van der Waals surface area (Å²) < 4.78 is 15.8. The minimum Gasteiger partial charge on any atom is -0.504 e. The summed E-state index contributed by atoms with van der Waals surface area (Å²) in [4.78, 5) is 19.7. The molecule has 3 aliphatic rings. The summed E-state index contributed by atoms with van der Waals surface area (Å²) in [5.41, 5.74) is 1.34. The number of methoxy groups -OCH3 is 3. The van der Waals surface area contributed by atoms with Gasteiger partial charge in [0.25, 0.3) is 0 Å². The molecule has 168 valence electrons. The first-order valence-corrected chi connectivity index (χ1v) is 11.0. The normalized spacial score (nSPS) is 30.1. The van der Waals surface area contributed by atoms with Crippen molar-refractivity contribution in [3.63, 3.8) is 0 Å². The molecule has 0 unspecified atom stereocenters. The number of nitrogens with zero attached hydrogens (tertiary/aromatic N) is 2. The number of esters is 1. The second kappa shape index (κ2) is 8.45. The molecule has 2 saturated heterocycles. The summed E-state index contributed by atoms with van der Waals surface area (Å²) in [6.07, 6.45) is 3.59. The van der Waals surface area contributed by atoms with Crippen LogP contribution in [-0.4, -0.2) is 62.1 Å². The van der Waals surface area contributed by atoms with Gasteiger partial charge in [0.1, 0.15) is 11.4 Å². The van der Waals surface area contributed by atoms with E-state index in [1.54, 1.807) is 13.2 Å². The van der Waals surface area contributed by atoms with E-state index < -0.39 is 5.60 Å². The molecule has 0 amide bonds. The van der Waals surface area contributed by atoms with Crippen LogP contribution in [0.1, 0.15) is 31.7 Å². The molecule has 1 aromatic rings. The van der Waals surface area contributed by atoms with Gasteiger partial charge in [-0.2, -0.15) is 0 Å². The van der Waals surface area contributed by atoms with Crippen molar-refractivity contribution in [2.75, 3.05) is 34.4 Å². The van der Waals surface area contributed by atoms with E-state index in [0.717, 1.165) is 19.5 Å². The highest BCUT2D eigenvalue weighted by molar-refractivity contribution is 6.32. The van der Waals surface area contributed by atoms with Gasteiger partial charge < -0.3 is 19.3 Å². The van der Waals surface area contributed by atoms with Crippen LogP contribution in [0.25, 0.3) is 0 Å². The van der Waals surface area contributed by atoms with Crippen molar-refractivity contribution in [1.29, 1.82) is 0 Å². The first-order chi connectivity index (χ1) is 14.9. The Labute approximate surface area is 187 Å². The highest BCUT2D eigenvalue weighted by atomic mass is 35.5. The predicted molar refractivity (Wildman–Crippen MR) is 118 cm³/mol. The average Bonchev–Trinajstić information content (AvgIpc) is 3.09. The third kappa shape index (κ3) is 3.43. The Kier molecular flexibility index (Phi) is 6.03. The lowest BCUT2D eigenvalue weighted by Gasteiger charge is -2.50. The zero-order valence-electron chi connectivity index (χ0n) is 18.4. The van der Waals surface area contributed by atoms with Gasteiger partial charge in [-0.3, -0.25) is 9.89 Å². The van der Waals surface area contributed by atoms with Crippen LogP contribution in [0.3, 0.4) is 0 Å². The third-order valence-corrected chi connectivity index (χ3v) is 7.29. The number of hydrogen-bond acceptors (Lipinski definition) is 7. The van der Waals surface area contributed by atoms with E-state index in [9.17, 15) is 9.90 Å². The molecule has 0 aromatic heterocycles. The molecule has 1 aromatic carbocycles. The van der Waals surface area contributed by atoms with E-state index >= 15 is 0 Å². The van der Waals surface area contributed by atoms with Crippen molar-refractivity contribution in [3.8, 4) is 5.75 Å². The van der Waals surface area contributed by atoms with Crippen LogP contribution in [0.4, 0.5) is 5.69 Å². The van der Waals surface area contributed by atoms with Gasteiger partial charge >= 0.3 is 5.97 Å². The van der Waals surface area contributed by atoms with E-state index in [4.69, 9.17) is 30.8 Å². The summed E-state index contributed by atoms with van der Waals surface area (Å²) >= 11 is 6.36. The van der Waals surface area contributed by atoms with Gasteiger partial charge in [-0.15, -0.1) is 0 Å². The monoisotopic (exact) mass is 448 g/mol. The lowest BCUT2D eigenvalue weighted by atomic mass is 9.70. The van der Waals surface area contributed by atoms with Crippen molar-refractivity contribution in [1.82, 2.24) is 4.90 Å². The van der Waals surface area contributed by atoms with Crippen LogP contribution in [0, 0.1) is 11.8 Å². The molecule has 3 aliphatic heterocycles. The fraction of sp³-hybridized carbons (Fsp3) is 0.565. The summed E-state index contributed by atoms with van der Waals surface area (Å²) in [6, 6.07) is 3.47. The molecule has 4 rings (SSSR count). The molecule has 7 nitrogen and oxygen atoms in total. The Balaban J connectivity index is 1.74.